The third-order valence-corrected chi connectivity index (χ3v) is 5.80. The summed E-state index contributed by atoms with van der Waals surface area (Å²) < 4.78 is 0. The van der Waals surface area contributed by atoms with Crippen LogP contribution in [0.15, 0.2) is 12.5 Å². The first-order chi connectivity index (χ1) is 15.8. The number of nitrogens with one attached hydrogen (secondary N) is 4. The van der Waals surface area contributed by atoms with E-state index in [1.165, 1.54) is 12.5 Å². The number of carbonyl (C=O) groups is 5. The first-order valence-corrected chi connectivity index (χ1v) is 10.8. The van der Waals surface area contributed by atoms with E-state index in [0.29, 0.717) is 25.1 Å². The van der Waals surface area contributed by atoms with Crippen LogP contribution in [0.4, 0.5) is 0 Å². The molecule has 1 aromatic heterocycles. The number of aromatic nitrogens is 2. The van der Waals surface area contributed by atoms with Gasteiger partial charge in [0.25, 0.3) is 0 Å². The minimum Gasteiger partial charge on any atom is -0.481 e. The number of imidazole rings is 1. The first-order valence-electron chi connectivity index (χ1n) is 10.8. The van der Waals surface area contributed by atoms with E-state index < -0.39 is 54.3 Å². The number of likely N-dealkylation sites (tertiary alicyclic amines) is 1. The molecule has 0 bridgehead atoms. The van der Waals surface area contributed by atoms with Crippen LogP contribution in [-0.2, 0) is 30.4 Å². The van der Waals surface area contributed by atoms with E-state index in [9.17, 15) is 34.2 Å². The van der Waals surface area contributed by atoms with Crippen molar-refractivity contribution in [2.75, 3.05) is 13.1 Å². The summed E-state index contributed by atoms with van der Waals surface area (Å²) >= 11 is 0. The molecule has 180 valence electrons. The Hall–Kier alpha value is -3.48. The minimum atomic E-state index is -1.47. The van der Waals surface area contributed by atoms with Crippen molar-refractivity contribution in [1.82, 2.24) is 30.8 Å². The van der Waals surface area contributed by atoms with Crippen LogP contribution in [0.25, 0.3) is 0 Å². The Morgan fingerprint density at radius 3 is 2.52 bits per heavy atom. The molecule has 4 atom stereocenters. The van der Waals surface area contributed by atoms with Crippen molar-refractivity contribution in [1.29, 1.82) is 0 Å². The molecule has 0 aromatic carbocycles. The van der Waals surface area contributed by atoms with E-state index in [1.54, 1.807) is 0 Å². The molecular formula is C20H28N6O7. The first kappa shape index (κ1) is 24.2. The van der Waals surface area contributed by atoms with Gasteiger partial charge in [0.1, 0.15) is 18.1 Å². The topological polar surface area (TPSA) is 194 Å². The number of nitrogens with zero attached hydrogens (tertiary/aromatic N) is 2. The summed E-state index contributed by atoms with van der Waals surface area (Å²) in [5.41, 5.74) is 0.557. The normalized spacial score (nSPS) is 21.9. The van der Waals surface area contributed by atoms with Gasteiger partial charge in [0.2, 0.25) is 17.7 Å². The molecule has 13 nitrogen and oxygen atoms in total. The van der Waals surface area contributed by atoms with Gasteiger partial charge in [-0.05, 0) is 32.2 Å². The van der Waals surface area contributed by atoms with Crippen LogP contribution in [0.2, 0.25) is 0 Å². The molecule has 3 heterocycles. The van der Waals surface area contributed by atoms with Crippen molar-refractivity contribution in [3.8, 4) is 0 Å². The van der Waals surface area contributed by atoms with Gasteiger partial charge in [-0.15, -0.1) is 0 Å². The highest BCUT2D eigenvalue weighted by atomic mass is 16.4. The fourth-order valence-electron chi connectivity index (χ4n) is 4.14. The number of hydrogen-bond donors (Lipinski definition) is 6. The van der Waals surface area contributed by atoms with E-state index >= 15 is 0 Å². The number of amides is 3. The molecule has 4 unspecified atom stereocenters. The minimum absolute atomic E-state index is 0.0414. The molecule has 3 rings (SSSR count). The van der Waals surface area contributed by atoms with Crippen LogP contribution in [0.5, 0.6) is 0 Å². The van der Waals surface area contributed by atoms with E-state index in [4.69, 9.17) is 0 Å². The SMILES string of the molecule is O=C(O)CC(NC(=O)C(Cc1cnc[nH]1)NC(=O)C1CCCN1)C(=O)N1CCCC1C(=O)O. The second kappa shape index (κ2) is 10.9. The Morgan fingerprint density at radius 2 is 1.91 bits per heavy atom. The van der Waals surface area contributed by atoms with Crippen LogP contribution in [0, 0.1) is 0 Å². The van der Waals surface area contributed by atoms with Crippen LogP contribution < -0.4 is 16.0 Å². The lowest BCUT2D eigenvalue weighted by atomic mass is 10.1. The molecule has 3 amide bonds. The van der Waals surface area contributed by atoms with Gasteiger partial charge in [-0.3, -0.25) is 19.2 Å². The number of H-pyrrole nitrogens is 1. The largest absolute Gasteiger partial charge is 0.481 e. The molecule has 0 spiro atoms. The zero-order valence-electron chi connectivity index (χ0n) is 18.0. The average molecular weight is 464 g/mol. The maximum Gasteiger partial charge on any atom is 0.326 e. The van der Waals surface area contributed by atoms with E-state index in [2.05, 4.69) is 25.9 Å². The summed E-state index contributed by atoms with van der Waals surface area (Å²) in [5.74, 6) is -4.42. The van der Waals surface area contributed by atoms with Gasteiger partial charge < -0.3 is 36.0 Å². The monoisotopic (exact) mass is 464 g/mol. The van der Waals surface area contributed by atoms with Crippen LogP contribution in [0.1, 0.15) is 37.8 Å². The lowest BCUT2D eigenvalue weighted by Gasteiger charge is -2.28. The standard InChI is InChI=1S/C20H28N6O7/c27-16(28)8-14(19(31)26-6-2-4-15(26)20(32)33)25-18(30)13(7-11-9-21-10-23-11)24-17(29)12-3-1-5-22-12/h9-10,12-15,22H,1-8H2,(H,21,23)(H,24,29)(H,25,30)(H,27,28)(H,32,33). The van der Waals surface area contributed by atoms with Crippen LogP contribution in [0.3, 0.4) is 0 Å². The summed E-state index contributed by atoms with van der Waals surface area (Å²) in [6.45, 7) is 0.842. The Balaban J connectivity index is 1.75. The van der Waals surface area contributed by atoms with Gasteiger partial charge in [0.05, 0.1) is 18.8 Å². The van der Waals surface area contributed by atoms with Crippen molar-refractivity contribution >= 4 is 29.7 Å². The number of carboxylic acids is 2. The Morgan fingerprint density at radius 1 is 1.12 bits per heavy atom. The molecule has 6 N–H and O–H groups in total. The second-order valence-electron chi connectivity index (χ2n) is 8.18. The molecule has 33 heavy (non-hydrogen) atoms. The quantitative estimate of drug-likeness (QED) is 0.232. The molecule has 0 aliphatic carbocycles. The number of aromatic amines is 1. The fraction of sp³-hybridized carbons (Fsp3) is 0.600. The van der Waals surface area contributed by atoms with E-state index in [0.717, 1.165) is 11.3 Å². The molecule has 13 heteroatoms. The zero-order chi connectivity index (χ0) is 24.0. The average Bonchev–Trinajstić information content (AvgIpc) is 3.54. The zero-order valence-corrected chi connectivity index (χ0v) is 18.0. The summed E-state index contributed by atoms with van der Waals surface area (Å²) in [4.78, 5) is 69.3. The van der Waals surface area contributed by atoms with Crippen molar-refractivity contribution in [2.45, 2.75) is 62.7 Å². The number of carbonyl (C=O) groups excluding carboxylic acids is 3. The molecule has 2 saturated heterocycles. The summed E-state index contributed by atoms with van der Waals surface area (Å²) in [6.07, 6.45) is 4.39. The van der Waals surface area contributed by atoms with E-state index in [1.807, 2.05) is 0 Å². The van der Waals surface area contributed by atoms with Gasteiger partial charge in [0.15, 0.2) is 0 Å². The summed E-state index contributed by atoms with van der Waals surface area (Å²) in [6, 6.07) is -4.09. The Kier molecular flexibility index (Phi) is 7.98. The van der Waals surface area contributed by atoms with Gasteiger partial charge in [0, 0.05) is 24.9 Å². The molecular weight excluding hydrogens is 436 g/mol. The van der Waals surface area contributed by atoms with Crippen molar-refractivity contribution in [3.05, 3.63) is 18.2 Å². The maximum atomic E-state index is 13.1. The summed E-state index contributed by atoms with van der Waals surface area (Å²) in [5, 5.41) is 26.7. The smallest absolute Gasteiger partial charge is 0.326 e. The van der Waals surface area contributed by atoms with Gasteiger partial charge >= 0.3 is 11.9 Å². The highest BCUT2D eigenvalue weighted by Crippen LogP contribution is 2.19. The fourth-order valence-corrected chi connectivity index (χ4v) is 4.14. The van der Waals surface area contributed by atoms with Gasteiger partial charge in [-0.2, -0.15) is 0 Å². The van der Waals surface area contributed by atoms with Crippen LogP contribution in [-0.4, -0.2) is 92.0 Å². The molecule has 0 radical (unpaired) electrons. The third-order valence-electron chi connectivity index (χ3n) is 5.80. The number of aliphatic carboxylic acids is 2. The lowest BCUT2D eigenvalue weighted by molar-refractivity contribution is -0.150. The molecule has 2 aliphatic rings. The third kappa shape index (κ3) is 6.28. The number of hydrogen-bond acceptors (Lipinski definition) is 7. The van der Waals surface area contributed by atoms with E-state index in [-0.39, 0.29) is 25.3 Å². The number of rotatable bonds is 10. The van der Waals surface area contributed by atoms with Gasteiger partial charge in [-0.1, -0.05) is 0 Å². The lowest BCUT2D eigenvalue weighted by Crippen LogP contribution is -2.58. The molecule has 2 aliphatic heterocycles. The van der Waals surface area contributed by atoms with Crippen molar-refractivity contribution < 1.29 is 34.2 Å². The maximum absolute atomic E-state index is 13.1. The summed E-state index contributed by atoms with van der Waals surface area (Å²) in [7, 11) is 0. The molecule has 1 aromatic rings. The Bertz CT molecular complexity index is 883. The van der Waals surface area contributed by atoms with Crippen molar-refractivity contribution in [3.63, 3.8) is 0 Å². The molecule has 0 saturated carbocycles. The predicted molar refractivity (Wildman–Crippen MR) is 112 cm³/mol. The predicted octanol–water partition coefficient (Wildman–Crippen LogP) is -1.78. The van der Waals surface area contributed by atoms with Crippen molar-refractivity contribution in [2.24, 2.45) is 0 Å². The van der Waals surface area contributed by atoms with Crippen LogP contribution >= 0.6 is 0 Å². The Labute approximate surface area is 189 Å². The number of carboxylic acid groups (broad SMARTS) is 2. The second-order valence-corrected chi connectivity index (χ2v) is 8.18. The van der Waals surface area contributed by atoms with Gasteiger partial charge in [-0.25, -0.2) is 9.78 Å². The molecule has 2 fully saturated rings. The highest BCUT2D eigenvalue weighted by Gasteiger charge is 2.39. The highest BCUT2D eigenvalue weighted by molar-refractivity contribution is 5.96.